The normalized spacial score (nSPS) is 16.1. The maximum Gasteiger partial charge on any atom is 0.169 e. The zero-order valence-corrected chi connectivity index (χ0v) is 33.5. The van der Waals surface area contributed by atoms with Gasteiger partial charge < -0.3 is 47.4 Å². The molecule has 10 nitrogen and oxygen atoms in total. The molecular formula is C48H48O10. The maximum absolute atomic E-state index is 6.18. The van der Waals surface area contributed by atoms with Crippen molar-refractivity contribution in [2.75, 3.05) is 81.3 Å². The monoisotopic (exact) mass is 784 g/mol. The van der Waals surface area contributed by atoms with Gasteiger partial charge in [0, 0.05) is 43.1 Å². The van der Waals surface area contributed by atoms with E-state index < -0.39 is 0 Å². The molecule has 0 atom stereocenters. The van der Waals surface area contributed by atoms with E-state index in [1.165, 1.54) is 0 Å². The largest absolute Gasteiger partial charge is 0.492 e. The van der Waals surface area contributed by atoms with Crippen LogP contribution in [0.15, 0.2) is 72.8 Å². The molecule has 0 unspecified atom stereocenters. The molecule has 4 bridgehead atoms. The molecule has 1 aliphatic heterocycles. The van der Waals surface area contributed by atoms with E-state index in [0.29, 0.717) is 79.3 Å². The van der Waals surface area contributed by atoms with Crippen molar-refractivity contribution < 1.29 is 47.4 Å². The van der Waals surface area contributed by atoms with Gasteiger partial charge in [0.25, 0.3) is 0 Å². The van der Waals surface area contributed by atoms with Crippen LogP contribution in [0.25, 0.3) is 64.6 Å². The second kappa shape index (κ2) is 17.0. The molecule has 8 aromatic carbocycles. The average Bonchev–Trinajstić information content (AvgIpc) is 3.26. The highest BCUT2D eigenvalue weighted by Gasteiger charge is 2.23. The van der Waals surface area contributed by atoms with E-state index in [-0.39, 0.29) is 0 Å². The molecule has 0 saturated heterocycles. The summed E-state index contributed by atoms with van der Waals surface area (Å²) < 4.78 is 60.4. The van der Waals surface area contributed by atoms with E-state index in [1.54, 1.807) is 28.4 Å². The maximum atomic E-state index is 6.18. The molecule has 0 aliphatic carbocycles. The smallest absolute Gasteiger partial charge is 0.169 e. The molecule has 1 heterocycles. The van der Waals surface area contributed by atoms with Crippen LogP contribution in [0.1, 0.15) is 22.3 Å². The molecule has 300 valence electrons. The SMILES string of the molecule is COc1c(OC)c2ccc3c4ccc5c(ccc1c5c42)COCCOCCOCc1ccc2c(OC)c(OC)c4ccc(c5ccc1c2c54)COCCOCCOC3. The van der Waals surface area contributed by atoms with E-state index in [0.717, 1.165) is 110 Å². The predicted octanol–water partition coefficient (Wildman–Crippen LogP) is 9.33. The number of hydrogen-bond acceptors (Lipinski definition) is 10. The Kier molecular flexibility index (Phi) is 11.2. The average molecular weight is 785 g/mol. The number of hydrogen-bond donors (Lipinski definition) is 0. The first-order chi connectivity index (χ1) is 28.7. The number of benzene rings is 8. The van der Waals surface area contributed by atoms with Gasteiger partial charge in [0.05, 0.1) is 108 Å². The summed E-state index contributed by atoms with van der Waals surface area (Å²) in [6.45, 7) is 5.44. The summed E-state index contributed by atoms with van der Waals surface area (Å²) in [5.74, 6) is 2.87. The van der Waals surface area contributed by atoms with Crippen LogP contribution in [0.4, 0.5) is 0 Å². The van der Waals surface area contributed by atoms with Crippen molar-refractivity contribution in [1.29, 1.82) is 0 Å². The van der Waals surface area contributed by atoms with E-state index in [4.69, 9.17) is 47.4 Å². The van der Waals surface area contributed by atoms with Gasteiger partial charge in [-0.25, -0.2) is 0 Å². The van der Waals surface area contributed by atoms with Crippen molar-refractivity contribution in [2.45, 2.75) is 26.4 Å². The Morgan fingerprint density at radius 3 is 0.707 bits per heavy atom. The van der Waals surface area contributed by atoms with Crippen LogP contribution in [-0.4, -0.2) is 81.3 Å². The van der Waals surface area contributed by atoms with Gasteiger partial charge in [-0.2, -0.15) is 0 Å². The number of ether oxygens (including phenoxy) is 10. The Bertz CT molecular complexity index is 2340. The predicted molar refractivity (Wildman–Crippen MR) is 227 cm³/mol. The standard InChI is InChI=1S/C48H48O10/c1-49-45-37-9-5-29-25-55-21-17-53-19-23-57-27-31-7-11-39-43-35(31)15-16-36-32(8-12-40(44(36)43)48(52-4)47(39)51-3)28-58-24-20-54-18-22-56-26-30-6-10-38(46(45)50-2)42-34(30)14-13-33(29)41(37)42/h5-16H,17-28H2,1-4H3. The Balaban J connectivity index is 0.981. The van der Waals surface area contributed by atoms with Gasteiger partial charge in [0.15, 0.2) is 23.0 Å². The fraction of sp³-hybridized carbons (Fsp3) is 0.333. The molecule has 0 spiro atoms. The van der Waals surface area contributed by atoms with Gasteiger partial charge in [-0.3, -0.25) is 0 Å². The highest BCUT2D eigenvalue weighted by Crippen LogP contribution is 2.50. The lowest BCUT2D eigenvalue weighted by atomic mass is 9.89. The third kappa shape index (κ3) is 6.73. The minimum absolute atomic E-state index is 0.446. The van der Waals surface area contributed by atoms with Gasteiger partial charge >= 0.3 is 0 Å². The van der Waals surface area contributed by atoms with Crippen molar-refractivity contribution in [3.63, 3.8) is 0 Å². The summed E-state index contributed by atoms with van der Waals surface area (Å²) in [6, 6.07) is 25.6. The van der Waals surface area contributed by atoms with Crippen molar-refractivity contribution in [3.05, 3.63) is 95.1 Å². The highest BCUT2D eigenvalue weighted by atomic mass is 16.6. The lowest BCUT2D eigenvalue weighted by Crippen LogP contribution is -2.10. The molecule has 0 amide bonds. The Labute approximate surface area is 337 Å². The molecule has 1 aliphatic rings. The minimum Gasteiger partial charge on any atom is -0.492 e. The van der Waals surface area contributed by atoms with E-state index in [9.17, 15) is 0 Å². The van der Waals surface area contributed by atoms with Crippen molar-refractivity contribution in [1.82, 2.24) is 0 Å². The fourth-order valence-electron chi connectivity index (χ4n) is 8.79. The molecule has 0 N–H and O–H groups in total. The van der Waals surface area contributed by atoms with E-state index in [2.05, 4.69) is 72.8 Å². The summed E-state index contributed by atoms with van der Waals surface area (Å²) in [7, 11) is 6.76. The number of methoxy groups -OCH3 is 4. The molecule has 0 fully saturated rings. The summed E-state index contributed by atoms with van der Waals surface area (Å²) in [5, 5.41) is 12.9. The Morgan fingerprint density at radius 2 is 0.483 bits per heavy atom. The first-order valence-electron chi connectivity index (χ1n) is 19.8. The molecule has 58 heavy (non-hydrogen) atoms. The van der Waals surface area contributed by atoms with Crippen LogP contribution in [0.5, 0.6) is 23.0 Å². The molecule has 8 aromatic rings. The summed E-state index contributed by atoms with van der Waals surface area (Å²) in [5.41, 5.74) is 4.37. The van der Waals surface area contributed by atoms with Crippen LogP contribution in [0.2, 0.25) is 0 Å². The van der Waals surface area contributed by atoms with Gasteiger partial charge in [0.1, 0.15) is 0 Å². The molecular weight excluding hydrogens is 737 g/mol. The van der Waals surface area contributed by atoms with Gasteiger partial charge in [0.2, 0.25) is 0 Å². The zero-order valence-electron chi connectivity index (χ0n) is 33.5. The second-order valence-electron chi connectivity index (χ2n) is 14.5. The summed E-state index contributed by atoms with van der Waals surface area (Å²) in [6.07, 6.45) is 0. The van der Waals surface area contributed by atoms with Crippen LogP contribution in [0.3, 0.4) is 0 Å². The van der Waals surface area contributed by atoms with Crippen molar-refractivity contribution in [2.24, 2.45) is 0 Å². The minimum atomic E-state index is 0.446. The molecule has 0 saturated carbocycles. The Morgan fingerprint density at radius 1 is 0.276 bits per heavy atom. The molecule has 9 rings (SSSR count). The van der Waals surface area contributed by atoms with Crippen molar-refractivity contribution in [3.8, 4) is 23.0 Å². The van der Waals surface area contributed by atoms with E-state index in [1.807, 2.05) is 0 Å². The van der Waals surface area contributed by atoms with Crippen LogP contribution < -0.4 is 18.9 Å². The molecule has 0 aromatic heterocycles. The Hall–Kier alpha value is -5.20. The third-order valence-electron chi connectivity index (χ3n) is 11.4. The lowest BCUT2D eigenvalue weighted by Gasteiger charge is -2.21. The number of fused-ring (bicyclic) bond motifs is 2. The molecule has 0 radical (unpaired) electrons. The van der Waals surface area contributed by atoms with Crippen LogP contribution >= 0.6 is 0 Å². The van der Waals surface area contributed by atoms with Crippen LogP contribution in [-0.2, 0) is 54.8 Å². The first kappa shape index (κ1) is 38.3. The quantitative estimate of drug-likeness (QED) is 0.161. The lowest BCUT2D eigenvalue weighted by molar-refractivity contribution is 0.00736. The third-order valence-corrected chi connectivity index (χ3v) is 11.4. The number of rotatable bonds is 4. The molecule has 10 heteroatoms. The van der Waals surface area contributed by atoms with Gasteiger partial charge in [-0.1, -0.05) is 72.8 Å². The van der Waals surface area contributed by atoms with Gasteiger partial charge in [-0.15, -0.1) is 0 Å². The summed E-state index contributed by atoms with van der Waals surface area (Å²) >= 11 is 0. The van der Waals surface area contributed by atoms with Gasteiger partial charge in [-0.05, 0) is 43.8 Å². The van der Waals surface area contributed by atoms with Crippen molar-refractivity contribution >= 4 is 64.6 Å². The highest BCUT2D eigenvalue weighted by molar-refractivity contribution is 6.28. The topological polar surface area (TPSA) is 92.3 Å². The van der Waals surface area contributed by atoms with Crippen LogP contribution in [0, 0.1) is 0 Å². The zero-order chi connectivity index (χ0) is 39.6. The second-order valence-corrected chi connectivity index (χ2v) is 14.5. The van der Waals surface area contributed by atoms with E-state index >= 15 is 0 Å². The summed E-state index contributed by atoms with van der Waals surface area (Å²) in [4.78, 5) is 0. The first-order valence-corrected chi connectivity index (χ1v) is 19.8. The fourth-order valence-corrected chi connectivity index (χ4v) is 8.79.